The number of aromatic nitrogens is 2. The van der Waals surface area contributed by atoms with Gasteiger partial charge in [-0.3, -0.25) is 0 Å². The fourth-order valence-electron chi connectivity index (χ4n) is 1.49. The van der Waals surface area contributed by atoms with E-state index < -0.39 is 0 Å². The third-order valence-electron chi connectivity index (χ3n) is 2.29. The molecule has 0 amide bonds. The highest BCUT2D eigenvalue weighted by Crippen LogP contribution is 2.21. The molecule has 0 aromatic carbocycles. The zero-order chi connectivity index (χ0) is 11.8. The zero-order valence-corrected chi connectivity index (χ0v) is 10.6. The van der Waals surface area contributed by atoms with Crippen LogP contribution in [0.5, 0.6) is 0 Å². The van der Waals surface area contributed by atoms with Crippen LogP contribution in [0.25, 0.3) is 0 Å². The Bertz CT molecular complexity index is 317. The van der Waals surface area contributed by atoms with Crippen LogP contribution in [0.1, 0.15) is 25.3 Å². The van der Waals surface area contributed by atoms with Gasteiger partial charge in [0.15, 0.2) is 0 Å². The molecular formula is C11H19ClN4. The highest BCUT2D eigenvalue weighted by molar-refractivity contribution is 6.30. The highest BCUT2D eigenvalue weighted by atomic mass is 35.5. The number of rotatable bonds is 7. The van der Waals surface area contributed by atoms with Crippen LogP contribution in [0, 0.1) is 0 Å². The summed E-state index contributed by atoms with van der Waals surface area (Å²) in [5, 5.41) is 6.97. The number of hydrogen-bond acceptors (Lipinski definition) is 4. The van der Waals surface area contributed by atoms with Gasteiger partial charge in [0, 0.05) is 12.1 Å². The molecule has 90 valence electrons. The minimum absolute atomic E-state index is 0.563. The monoisotopic (exact) mass is 242 g/mol. The summed E-state index contributed by atoms with van der Waals surface area (Å²) in [6.07, 6.45) is 4.51. The molecule has 0 aliphatic heterocycles. The molecule has 2 N–H and O–H groups in total. The molecule has 5 heteroatoms. The summed E-state index contributed by atoms with van der Waals surface area (Å²) in [4.78, 5) is 8.23. The molecule has 0 radical (unpaired) electrons. The van der Waals surface area contributed by atoms with E-state index in [1.54, 1.807) is 0 Å². The van der Waals surface area contributed by atoms with Crippen molar-refractivity contribution in [2.45, 2.75) is 26.2 Å². The Morgan fingerprint density at radius 3 is 2.81 bits per heavy atom. The number of hydrogen-bond donors (Lipinski definition) is 2. The van der Waals surface area contributed by atoms with Gasteiger partial charge >= 0.3 is 0 Å². The van der Waals surface area contributed by atoms with Crippen molar-refractivity contribution in [3.05, 3.63) is 17.0 Å². The second-order valence-corrected chi connectivity index (χ2v) is 3.98. The van der Waals surface area contributed by atoms with Gasteiger partial charge in [0.1, 0.15) is 17.3 Å². The van der Waals surface area contributed by atoms with Gasteiger partial charge in [-0.05, 0) is 26.4 Å². The lowest BCUT2D eigenvalue weighted by molar-refractivity contribution is 0.745. The Balaban J connectivity index is 2.59. The maximum Gasteiger partial charge on any atom is 0.137 e. The summed E-state index contributed by atoms with van der Waals surface area (Å²) in [7, 11) is 1.95. The van der Waals surface area contributed by atoms with Crippen molar-refractivity contribution < 1.29 is 0 Å². The predicted molar refractivity (Wildman–Crippen MR) is 68.1 cm³/mol. The van der Waals surface area contributed by atoms with Crippen LogP contribution in [-0.2, 0) is 6.42 Å². The first kappa shape index (κ1) is 13.2. The minimum Gasteiger partial charge on any atom is -0.370 e. The molecule has 1 aromatic rings. The van der Waals surface area contributed by atoms with Crippen molar-refractivity contribution in [1.82, 2.24) is 15.3 Å². The van der Waals surface area contributed by atoms with E-state index in [2.05, 4.69) is 27.5 Å². The quantitative estimate of drug-likeness (QED) is 0.568. The number of nitrogens with zero attached hydrogens (tertiary/aromatic N) is 2. The highest BCUT2D eigenvalue weighted by Gasteiger charge is 2.07. The van der Waals surface area contributed by atoms with Crippen molar-refractivity contribution in [3.8, 4) is 0 Å². The fraction of sp³-hybridized carbons (Fsp3) is 0.636. The third kappa shape index (κ3) is 3.94. The van der Waals surface area contributed by atoms with Gasteiger partial charge in [0.25, 0.3) is 0 Å². The van der Waals surface area contributed by atoms with Crippen LogP contribution in [-0.4, -0.2) is 30.1 Å². The molecular weight excluding hydrogens is 224 g/mol. The molecule has 0 bridgehead atoms. The van der Waals surface area contributed by atoms with Crippen LogP contribution in [0.15, 0.2) is 6.33 Å². The van der Waals surface area contributed by atoms with E-state index in [1.165, 1.54) is 6.33 Å². The molecule has 16 heavy (non-hydrogen) atoms. The van der Waals surface area contributed by atoms with E-state index in [0.29, 0.717) is 5.15 Å². The average Bonchev–Trinajstić information content (AvgIpc) is 2.29. The van der Waals surface area contributed by atoms with Crippen molar-refractivity contribution in [3.63, 3.8) is 0 Å². The lowest BCUT2D eigenvalue weighted by Crippen LogP contribution is -2.14. The molecule has 4 nitrogen and oxygen atoms in total. The summed E-state index contributed by atoms with van der Waals surface area (Å²) in [5.74, 6) is 0.873. The van der Waals surface area contributed by atoms with Gasteiger partial charge in [-0.2, -0.15) is 0 Å². The molecule has 1 heterocycles. The zero-order valence-electron chi connectivity index (χ0n) is 9.89. The van der Waals surface area contributed by atoms with Gasteiger partial charge in [-0.1, -0.05) is 24.9 Å². The van der Waals surface area contributed by atoms with Crippen molar-refractivity contribution >= 4 is 17.4 Å². The van der Waals surface area contributed by atoms with Crippen molar-refractivity contribution in [2.24, 2.45) is 0 Å². The van der Waals surface area contributed by atoms with Crippen LogP contribution in [0.2, 0.25) is 5.15 Å². The lowest BCUT2D eigenvalue weighted by atomic mass is 10.2. The summed E-state index contributed by atoms with van der Waals surface area (Å²) in [6.45, 7) is 4.01. The third-order valence-corrected chi connectivity index (χ3v) is 2.61. The molecule has 0 spiro atoms. The maximum absolute atomic E-state index is 6.04. The van der Waals surface area contributed by atoms with Gasteiger partial charge in [0.05, 0.1) is 0 Å². The molecule has 0 atom stereocenters. The molecule has 0 unspecified atom stereocenters. The summed E-state index contributed by atoms with van der Waals surface area (Å²) >= 11 is 6.04. The van der Waals surface area contributed by atoms with E-state index in [0.717, 1.165) is 43.7 Å². The van der Waals surface area contributed by atoms with E-state index in [9.17, 15) is 0 Å². The van der Waals surface area contributed by atoms with E-state index in [-0.39, 0.29) is 0 Å². The molecule has 0 aliphatic carbocycles. The number of nitrogens with one attached hydrogen (secondary N) is 2. The molecule has 0 saturated heterocycles. The smallest absolute Gasteiger partial charge is 0.137 e. The van der Waals surface area contributed by atoms with Gasteiger partial charge < -0.3 is 10.6 Å². The van der Waals surface area contributed by atoms with Crippen molar-refractivity contribution in [1.29, 1.82) is 0 Å². The average molecular weight is 243 g/mol. The first-order valence-electron chi connectivity index (χ1n) is 5.67. The van der Waals surface area contributed by atoms with E-state index in [1.807, 2.05) is 7.05 Å². The largest absolute Gasteiger partial charge is 0.370 e. The van der Waals surface area contributed by atoms with Crippen LogP contribution in [0.3, 0.4) is 0 Å². The number of halogens is 1. The Labute approximate surface area is 102 Å². The molecule has 0 aliphatic rings. The topological polar surface area (TPSA) is 49.8 Å². The second-order valence-electron chi connectivity index (χ2n) is 3.63. The predicted octanol–water partition coefficient (Wildman–Crippen LogP) is 2.10. The second kappa shape index (κ2) is 7.41. The van der Waals surface area contributed by atoms with Gasteiger partial charge in [-0.25, -0.2) is 9.97 Å². The van der Waals surface area contributed by atoms with Crippen molar-refractivity contribution in [2.75, 3.05) is 25.5 Å². The Morgan fingerprint density at radius 2 is 2.12 bits per heavy atom. The van der Waals surface area contributed by atoms with Crippen LogP contribution in [0.4, 0.5) is 5.82 Å². The Hall–Kier alpha value is -0.870. The standard InChI is InChI=1S/C11H19ClN4/c1-3-5-9-10(12)15-8-16-11(9)14-7-4-6-13-2/h8,13H,3-7H2,1-2H3,(H,14,15,16). The normalized spacial score (nSPS) is 10.4. The minimum atomic E-state index is 0.563. The first-order chi connectivity index (χ1) is 7.79. The van der Waals surface area contributed by atoms with Crippen LogP contribution >= 0.6 is 11.6 Å². The molecule has 0 saturated carbocycles. The van der Waals surface area contributed by atoms with E-state index in [4.69, 9.17) is 11.6 Å². The lowest BCUT2D eigenvalue weighted by Gasteiger charge is -2.10. The fourth-order valence-corrected chi connectivity index (χ4v) is 1.71. The maximum atomic E-state index is 6.04. The molecule has 0 fully saturated rings. The summed E-state index contributed by atoms with van der Waals surface area (Å²) in [5.41, 5.74) is 1.02. The summed E-state index contributed by atoms with van der Waals surface area (Å²) < 4.78 is 0. The Kier molecular flexibility index (Phi) is 6.11. The van der Waals surface area contributed by atoms with Gasteiger partial charge in [0.2, 0.25) is 0 Å². The molecule has 1 rings (SSSR count). The molecule has 1 aromatic heterocycles. The summed E-state index contributed by atoms with van der Waals surface area (Å²) in [6, 6.07) is 0. The number of anilines is 1. The van der Waals surface area contributed by atoms with Crippen LogP contribution < -0.4 is 10.6 Å². The first-order valence-corrected chi connectivity index (χ1v) is 6.05. The Morgan fingerprint density at radius 1 is 1.31 bits per heavy atom. The SMILES string of the molecule is CCCc1c(Cl)ncnc1NCCCNC. The van der Waals surface area contributed by atoms with Gasteiger partial charge in [-0.15, -0.1) is 0 Å². The van der Waals surface area contributed by atoms with E-state index >= 15 is 0 Å².